The van der Waals surface area contributed by atoms with Crippen molar-refractivity contribution in [2.75, 3.05) is 6.54 Å². The Morgan fingerprint density at radius 1 is 1.21 bits per heavy atom. The van der Waals surface area contributed by atoms with E-state index in [9.17, 15) is 14.3 Å². The molecule has 2 atom stereocenters. The lowest BCUT2D eigenvalue weighted by atomic mass is 10.0. The van der Waals surface area contributed by atoms with Gasteiger partial charge in [-0.3, -0.25) is 4.79 Å². The van der Waals surface area contributed by atoms with Crippen molar-refractivity contribution in [3.05, 3.63) is 71.0 Å². The summed E-state index contributed by atoms with van der Waals surface area (Å²) in [5.41, 5.74) is 7.13. The molecule has 24 heavy (non-hydrogen) atoms. The predicted molar refractivity (Wildman–Crippen MR) is 92.1 cm³/mol. The fraction of sp³-hybridized carbons (Fsp3) is 0.316. The Hall–Kier alpha value is -2.24. The van der Waals surface area contributed by atoms with Crippen molar-refractivity contribution in [3.8, 4) is 0 Å². The fourth-order valence-corrected chi connectivity index (χ4v) is 2.49. The highest BCUT2D eigenvalue weighted by Crippen LogP contribution is 2.16. The van der Waals surface area contributed by atoms with E-state index in [1.165, 1.54) is 6.07 Å². The summed E-state index contributed by atoms with van der Waals surface area (Å²) in [7, 11) is 0. The van der Waals surface area contributed by atoms with Crippen LogP contribution in [0.25, 0.3) is 0 Å². The molecular formula is C19H23FN2O2. The summed E-state index contributed by atoms with van der Waals surface area (Å²) in [6.07, 6.45) is 0.826. The quantitative estimate of drug-likeness (QED) is 0.696. The van der Waals surface area contributed by atoms with Crippen LogP contribution < -0.4 is 11.1 Å². The molecule has 0 aliphatic carbocycles. The second-order valence-electron chi connectivity index (χ2n) is 5.95. The van der Waals surface area contributed by atoms with Gasteiger partial charge in [0.1, 0.15) is 5.82 Å². The molecule has 0 bridgehead atoms. The molecular weight excluding hydrogens is 307 g/mol. The molecule has 0 spiro atoms. The molecule has 5 heteroatoms. The van der Waals surface area contributed by atoms with Crippen molar-refractivity contribution in [3.63, 3.8) is 0 Å². The van der Waals surface area contributed by atoms with Crippen LogP contribution in [-0.4, -0.2) is 23.6 Å². The van der Waals surface area contributed by atoms with Gasteiger partial charge in [-0.15, -0.1) is 0 Å². The number of aryl methyl sites for hydroxylation is 1. The van der Waals surface area contributed by atoms with Gasteiger partial charge in [-0.1, -0.05) is 30.3 Å². The van der Waals surface area contributed by atoms with Crippen molar-refractivity contribution < 1.29 is 14.3 Å². The molecule has 0 aromatic heterocycles. The number of hydrogen-bond donors (Lipinski definition) is 3. The Balaban J connectivity index is 1.78. The van der Waals surface area contributed by atoms with Crippen molar-refractivity contribution in [2.45, 2.75) is 31.9 Å². The summed E-state index contributed by atoms with van der Waals surface area (Å²) >= 11 is 0. The van der Waals surface area contributed by atoms with Crippen molar-refractivity contribution >= 4 is 5.91 Å². The Morgan fingerprint density at radius 2 is 1.88 bits per heavy atom. The van der Waals surface area contributed by atoms with Gasteiger partial charge in [-0.25, -0.2) is 4.39 Å². The number of benzene rings is 2. The number of carbonyl (C=O) groups excluding carboxylic acids is 1. The molecule has 128 valence electrons. The van der Waals surface area contributed by atoms with E-state index in [-0.39, 0.29) is 6.04 Å². The summed E-state index contributed by atoms with van der Waals surface area (Å²) in [5, 5.41) is 13.3. The summed E-state index contributed by atoms with van der Waals surface area (Å²) in [6.45, 7) is 2.31. The topological polar surface area (TPSA) is 75.4 Å². The number of hydrogen-bond acceptors (Lipinski definition) is 3. The van der Waals surface area contributed by atoms with Crippen LogP contribution in [0.5, 0.6) is 0 Å². The van der Waals surface area contributed by atoms with Gasteiger partial charge in [0.15, 0.2) is 0 Å². The molecule has 2 aromatic rings. The molecule has 0 aliphatic heterocycles. The van der Waals surface area contributed by atoms with Gasteiger partial charge in [0.25, 0.3) is 0 Å². The number of nitrogens with one attached hydrogen (secondary N) is 1. The number of halogens is 1. The zero-order valence-corrected chi connectivity index (χ0v) is 13.7. The van der Waals surface area contributed by atoms with E-state index >= 15 is 0 Å². The van der Waals surface area contributed by atoms with Gasteiger partial charge in [0, 0.05) is 23.7 Å². The highest BCUT2D eigenvalue weighted by atomic mass is 19.1. The molecule has 0 heterocycles. The average molecular weight is 330 g/mol. The summed E-state index contributed by atoms with van der Waals surface area (Å²) in [4.78, 5) is 11.0. The number of primary amides is 1. The monoisotopic (exact) mass is 330 g/mol. The van der Waals surface area contributed by atoms with E-state index in [2.05, 4.69) is 5.32 Å². The lowest BCUT2D eigenvalue weighted by molar-refractivity contribution is 0.1000. The lowest BCUT2D eigenvalue weighted by Crippen LogP contribution is -2.31. The van der Waals surface area contributed by atoms with Crippen molar-refractivity contribution in [1.82, 2.24) is 5.32 Å². The number of nitrogens with two attached hydrogens (primary N) is 1. The molecule has 2 aromatic carbocycles. The molecule has 4 N–H and O–H groups in total. The Morgan fingerprint density at radius 3 is 2.50 bits per heavy atom. The fourth-order valence-electron chi connectivity index (χ4n) is 2.49. The highest BCUT2D eigenvalue weighted by molar-refractivity contribution is 5.92. The smallest absolute Gasteiger partial charge is 0.248 e. The van der Waals surface area contributed by atoms with Crippen LogP contribution in [0.15, 0.2) is 48.5 Å². The normalized spacial score (nSPS) is 13.5. The lowest BCUT2D eigenvalue weighted by Gasteiger charge is -2.18. The predicted octanol–water partition coefficient (Wildman–Crippen LogP) is 2.57. The maximum Gasteiger partial charge on any atom is 0.248 e. The van der Waals surface area contributed by atoms with Gasteiger partial charge in [0.2, 0.25) is 5.91 Å². The first-order chi connectivity index (χ1) is 11.5. The average Bonchev–Trinajstić information content (AvgIpc) is 2.58. The second kappa shape index (κ2) is 8.57. The molecule has 0 unspecified atom stereocenters. The summed E-state index contributed by atoms with van der Waals surface area (Å²) in [6, 6.07) is 13.6. The van der Waals surface area contributed by atoms with E-state index in [0.717, 1.165) is 18.4 Å². The third kappa shape index (κ3) is 5.15. The Kier molecular flexibility index (Phi) is 6.46. The first-order valence-corrected chi connectivity index (χ1v) is 8.02. The molecule has 0 radical (unpaired) electrons. The van der Waals surface area contributed by atoms with E-state index in [0.29, 0.717) is 17.7 Å². The van der Waals surface area contributed by atoms with Crippen LogP contribution in [0.3, 0.4) is 0 Å². The molecule has 4 nitrogen and oxygen atoms in total. The number of aliphatic hydroxyl groups excluding tert-OH is 1. The van der Waals surface area contributed by atoms with Gasteiger partial charge >= 0.3 is 0 Å². The maximum absolute atomic E-state index is 13.6. The summed E-state index contributed by atoms with van der Waals surface area (Å²) in [5.74, 6) is -0.826. The number of carbonyl (C=O) groups is 1. The van der Waals surface area contributed by atoms with Crippen molar-refractivity contribution in [2.24, 2.45) is 5.73 Å². The second-order valence-corrected chi connectivity index (χ2v) is 5.95. The van der Waals surface area contributed by atoms with E-state index in [1.54, 1.807) is 30.3 Å². The summed E-state index contributed by atoms with van der Waals surface area (Å²) < 4.78 is 13.6. The molecule has 1 amide bonds. The van der Waals surface area contributed by atoms with E-state index < -0.39 is 17.8 Å². The zero-order valence-electron chi connectivity index (χ0n) is 13.7. The number of rotatable bonds is 8. The van der Waals surface area contributed by atoms with Crippen LogP contribution >= 0.6 is 0 Å². The van der Waals surface area contributed by atoms with Crippen LogP contribution in [-0.2, 0) is 6.42 Å². The molecule has 0 saturated heterocycles. The third-order valence-electron chi connectivity index (χ3n) is 4.03. The van der Waals surface area contributed by atoms with Crippen LogP contribution in [0, 0.1) is 5.82 Å². The van der Waals surface area contributed by atoms with Crippen molar-refractivity contribution in [1.29, 1.82) is 0 Å². The minimum Gasteiger partial charge on any atom is -0.387 e. The van der Waals surface area contributed by atoms with Crippen LogP contribution in [0.4, 0.5) is 4.39 Å². The Bertz CT molecular complexity index is 673. The minimum absolute atomic E-state index is 0.169. The first-order valence-electron chi connectivity index (χ1n) is 8.02. The Labute approximate surface area is 141 Å². The van der Waals surface area contributed by atoms with E-state index in [1.807, 2.05) is 19.1 Å². The minimum atomic E-state index is -0.872. The SMILES string of the molecule is C[C@H](CCc1ccc(C(N)=O)cc1)NC[C@H](O)c1ccccc1F. The standard InChI is InChI=1S/C19H23FN2O2/c1-13(6-7-14-8-10-15(11-9-14)19(21)24)22-12-18(23)16-4-2-3-5-17(16)20/h2-5,8-11,13,18,22-23H,6-7,12H2,1H3,(H2,21,24)/t13-,18+/m1/s1. The van der Waals surface area contributed by atoms with Gasteiger partial charge in [0.05, 0.1) is 6.10 Å². The highest BCUT2D eigenvalue weighted by Gasteiger charge is 2.13. The first kappa shape index (κ1) is 18.1. The number of amides is 1. The maximum atomic E-state index is 13.6. The van der Waals surface area contributed by atoms with E-state index in [4.69, 9.17) is 5.73 Å². The zero-order chi connectivity index (χ0) is 17.5. The van der Waals surface area contributed by atoms with Crippen LogP contribution in [0.1, 0.15) is 40.9 Å². The molecule has 0 aliphatic rings. The molecule has 2 rings (SSSR count). The van der Waals surface area contributed by atoms with Gasteiger partial charge in [-0.05, 0) is 43.5 Å². The van der Waals surface area contributed by atoms with Gasteiger partial charge in [-0.2, -0.15) is 0 Å². The molecule has 0 saturated carbocycles. The van der Waals surface area contributed by atoms with Crippen LogP contribution in [0.2, 0.25) is 0 Å². The van der Waals surface area contributed by atoms with Gasteiger partial charge < -0.3 is 16.2 Å². The number of aliphatic hydroxyl groups is 1. The largest absolute Gasteiger partial charge is 0.387 e. The molecule has 0 fully saturated rings. The third-order valence-corrected chi connectivity index (χ3v) is 4.03.